The average Bonchev–Trinajstić information content (AvgIpc) is 2.88. The highest BCUT2D eigenvalue weighted by molar-refractivity contribution is 5.97. The van der Waals surface area contributed by atoms with Gasteiger partial charge in [-0.25, -0.2) is 4.79 Å². The molecule has 0 fully saturated rings. The number of anilines is 2. The molecule has 3 aromatic rings. The Labute approximate surface area is 207 Å². The number of methoxy groups -OCH3 is 2. The fourth-order valence-corrected chi connectivity index (χ4v) is 3.49. The predicted molar refractivity (Wildman–Crippen MR) is 133 cm³/mol. The number of aromatic amines is 1. The second-order valence-electron chi connectivity index (χ2n) is 7.79. The summed E-state index contributed by atoms with van der Waals surface area (Å²) < 4.78 is 16.5. The van der Waals surface area contributed by atoms with Crippen molar-refractivity contribution < 1.29 is 23.8 Å². The van der Waals surface area contributed by atoms with Crippen molar-refractivity contribution in [2.75, 3.05) is 44.6 Å². The molecule has 0 spiro atoms. The maximum atomic E-state index is 13.0. The molecule has 0 saturated carbocycles. The van der Waals surface area contributed by atoms with Crippen LogP contribution in [0.25, 0.3) is 0 Å². The van der Waals surface area contributed by atoms with Gasteiger partial charge < -0.3 is 19.9 Å². The first kappa shape index (κ1) is 26.2. The number of H-pyrrole nitrogens is 1. The Morgan fingerprint density at radius 2 is 1.69 bits per heavy atom. The maximum absolute atomic E-state index is 13.0. The standard InChI is InChI=1S/C25H28N4O7/c1-34-13-12-28(20(30)16-36-21(31)14-17-8-10-19(35-2)11-9-17)22-23(26)29(25(33)27-24(22)32)15-18-6-4-3-5-7-18/h3-11H,12-16,26H2,1-2H3,(H,27,32,33). The highest BCUT2D eigenvalue weighted by Crippen LogP contribution is 2.18. The zero-order valence-electron chi connectivity index (χ0n) is 20.1. The number of benzene rings is 2. The predicted octanol–water partition coefficient (Wildman–Crippen LogP) is 0.941. The van der Waals surface area contributed by atoms with Gasteiger partial charge in [-0.3, -0.25) is 28.8 Å². The van der Waals surface area contributed by atoms with Gasteiger partial charge in [-0.2, -0.15) is 0 Å². The van der Waals surface area contributed by atoms with E-state index in [4.69, 9.17) is 19.9 Å². The van der Waals surface area contributed by atoms with Crippen LogP contribution < -0.4 is 26.6 Å². The molecule has 11 nitrogen and oxygen atoms in total. The molecule has 36 heavy (non-hydrogen) atoms. The molecule has 0 radical (unpaired) electrons. The summed E-state index contributed by atoms with van der Waals surface area (Å²) in [5.41, 5.74) is 5.89. The van der Waals surface area contributed by atoms with E-state index in [1.807, 2.05) is 6.07 Å². The van der Waals surface area contributed by atoms with Gasteiger partial charge in [0.1, 0.15) is 11.6 Å². The van der Waals surface area contributed by atoms with Crippen molar-refractivity contribution in [2.45, 2.75) is 13.0 Å². The van der Waals surface area contributed by atoms with Gasteiger partial charge in [0.25, 0.3) is 11.5 Å². The van der Waals surface area contributed by atoms with Crippen molar-refractivity contribution in [1.29, 1.82) is 0 Å². The summed E-state index contributed by atoms with van der Waals surface area (Å²) in [4.78, 5) is 53.8. The van der Waals surface area contributed by atoms with Crippen LogP contribution in [0.15, 0.2) is 64.2 Å². The number of rotatable bonds is 11. The second-order valence-corrected chi connectivity index (χ2v) is 7.79. The number of carbonyl (C=O) groups excluding carboxylic acids is 2. The molecule has 1 aromatic heterocycles. The normalized spacial score (nSPS) is 10.6. The number of nitrogens with zero attached hydrogens (tertiary/aromatic N) is 2. The van der Waals surface area contributed by atoms with E-state index < -0.39 is 29.7 Å². The molecule has 0 aliphatic carbocycles. The first-order valence-electron chi connectivity index (χ1n) is 11.1. The summed E-state index contributed by atoms with van der Waals surface area (Å²) in [6.07, 6.45) is -0.0555. The smallest absolute Gasteiger partial charge is 0.330 e. The van der Waals surface area contributed by atoms with Crippen molar-refractivity contribution in [1.82, 2.24) is 9.55 Å². The number of hydrogen-bond donors (Lipinski definition) is 2. The molecule has 11 heteroatoms. The Morgan fingerprint density at radius 3 is 2.33 bits per heavy atom. The minimum atomic E-state index is -0.837. The van der Waals surface area contributed by atoms with Crippen LogP contribution >= 0.6 is 0 Å². The van der Waals surface area contributed by atoms with Gasteiger partial charge in [0.2, 0.25) is 0 Å². The van der Waals surface area contributed by atoms with E-state index in [9.17, 15) is 19.2 Å². The van der Waals surface area contributed by atoms with E-state index in [-0.39, 0.29) is 37.6 Å². The van der Waals surface area contributed by atoms with Crippen LogP contribution in [0.3, 0.4) is 0 Å². The van der Waals surface area contributed by atoms with Gasteiger partial charge in [0, 0.05) is 13.7 Å². The Hall–Kier alpha value is -4.38. The van der Waals surface area contributed by atoms with Gasteiger partial charge >= 0.3 is 11.7 Å². The number of nitrogens with two attached hydrogens (primary N) is 1. The first-order valence-corrected chi connectivity index (χ1v) is 11.1. The second kappa shape index (κ2) is 12.4. The van der Waals surface area contributed by atoms with Gasteiger partial charge in [-0.15, -0.1) is 0 Å². The Bertz CT molecular complexity index is 1300. The third-order valence-electron chi connectivity index (χ3n) is 5.35. The zero-order chi connectivity index (χ0) is 26.1. The molecule has 0 bridgehead atoms. The minimum absolute atomic E-state index is 0.0534. The van der Waals surface area contributed by atoms with E-state index in [1.54, 1.807) is 48.5 Å². The molecule has 3 rings (SSSR count). The molecule has 0 aliphatic heterocycles. The number of amides is 1. The fraction of sp³-hybridized carbons (Fsp3) is 0.280. The molecule has 0 atom stereocenters. The summed E-state index contributed by atoms with van der Waals surface area (Å²) >= 11 is 0. The van der Waals surface area contributed by atoms with Crippen molar-refractivity contribution in [3.05, 3.63) is 86.6 Å². The van der Waals surface area contributed by atoms with E-state index >= 15 is 0 Å². The molecule has 0 aliphatic rings. The lowest BCUT2D eigenvalue weighted by atomic mass is 10.1. The number of aromatic nitrogens is 2. The lowest BCUT2D eigenvalue weighted by Crippen LogP contribution is -2.44. The van der Waals surface area contributed by atoms with Crippen LogP contribution in [0.1, 0.15) is 11.1 Å². The van der Waals surface area contributed by atoms with Crippen LogP contribution in [0.5, 0.6) is 5.75 Å². The van der Waals surface area contributed by atoms with Crippen molar-refractivity contribution >= 4 is 23.4 Å². The minimum Gasteiger partial charge on any atom is -0.497 e. The quantitative estimate of drug-likeness (QED) is 0.373. The van der Waals surface area contributed by atoms with Crippen LogP contribution in [-0.4, -0.2) is 55.4 Å². The number of hydrogen-bond acceptors (Lipinski definition) is 8. The zero-order valence-corrected chi connectivity index (χ0v) is 20.1. The van der Waals surface area contributed by atoms with Crippen LogP contribution in [0.4, 0.5) is 11.5 Å². The largest absolute Gasteiger partial charge is 0.497 e. The average molecular weight is 497 g/mol. The molecule has 1 amide bonds. The highest BCUT2D eigenvalue weighted by Gasteiger charge is 2.25. The molecular weight excluding hydrogens is 468 g/mol. The monoisotopic (exact) mass is 496 g/mol. The number of esters is 1. The summed E-state index contributed by atoms with van der Waals surface area (Å²) in [6, 6.07) is 15.9. The van der Waals surface area contributed by atoms with Gasteiger partial charge in [-0.1, -0.05) is 42.5 Å². The van der Waals surface area contributed by atoms with Gasteiger partial charge in [0.15, 0.2) is 12.3 Å². The number of nitrogens with one attached hydrogen (secondary N) is 1. The molecule has 2 aromatic carbocycles. The number of carbonyl (C=O) groups is 2. The van der Waals surface area contributed by atoms with Gasteiger partial charge in [-0.05, 0) is 23.3 Å². The molecule has 1 heterocycles. The van der Waals surface area contributed by atoms with Crippen molar-refractivity contribution in [3.63, 3.8) is 0 Å². The summed E-state index contributed by atoms with van der Waals surface area (Å²) in [5, 5.41) is 0. The summed E-state index contributed by atoms with van der Waals surface area (Å²) in [7, 11) is 2.97. The van der Waals surface area contributed by atoms with Crippen molar-refractivity contribution in [2.24, 2.45) is 0 Å². The Morgan fingerprint density at radius 1 is 1.00 bits per heavy atom. The molecule has 0 unspecified atom stereocenters. The summed E-state index contributed by atoms with van der Waals surface area (Å²) in [6.45, 7) is -0.530. The molecular formula is C25H28N4O7. The lowest BCUT2D eigenvalue weighted by Gasteiger charge is -2.24. The van der Waals surface area contributed by atoms with Crippen LogP contribution in [0.2, 0.25) is 0 Å². The number of ether oxygens (including phenoxy) is 3. The molecule has 3 N–H and O–H groups in total. The molecule has 0 saturated heterocycles. The summed E-state index contributed by atoms with van der Waals surface area (Å²) in [5.74, 6) is -0.873. The van der Waals surface area contributed by atoms with Crippen LogP contribution in [0, 0.1) is 0 Å². The lowest BCUT2D eigenvalue weighted by molar-refractivity contribution is -0.147. The SMILES string of the molecule is COCCN(C(=O)COC(=O)Cc1ccc(OC)cc1)c1c(N)n(Cc2ccccc2)c(=O)[nH]c1=O. The Balaban J connectivity index is 1.80. The number of nitrogen functional groups attached to an aromatic ring is 1. The van der Waals surface area contributed by atoms with E-state index in [1.165, 1.54) is 14.2 Å². The highest BCUT2D eigenvalue weighted by atomic mass is 16.5. The van der Waals surface area contributed by atoms with Crippen molar-refractivity contribution in [3.8, 4) is 5.75 Å². The molecule has 190 valence electrons. The van der Waals surface area contributed by atoms with E-state index in [0.29, 0.717) is 11.3 Å². The first-order chi connectivity index (χ1) is 17.3. The van der Waals surface area contributed by atoms with Gasteiger partial charge in [0.05, 0.1) is 26.7 Å². The third kappa shape index (κ3) is 6.60. The maximum Gasteiger partial charge on any atom is 0.330 e. The van der Waals surface area contributed by atoms with E-state index in [0.717, 1.165) is 15.0 Å². The third-order valence-corrected chi connectivity index (χ3v) is 5.35. The fourth-order valence-electron chi connectivity index (χ4n) is 3.49. The van der Waals surface area contributed by atoms with E-state index in [2.05, 4.69) is 4.98 Å². The Kier molecular flexibility index (Phi) is 9.01. The topological polar surface area (TPSA) is 146 Å². The van der Waals surface area contributed by atoms with Crippen LogP contribution in [-0.2, 0) is 32.0 Å².